The van der Waals surface area contributed by atoms with Crippen molar-refractivity contribution < 1.29 is 19.8 Å². The summed E-state index contributed by atoms with van der Waals surface area (Å²) in [4.78, 5) is 25.6. The standard InChI is InChI=1S/C17H24N2O4/c1-3-11(2)15(16(21)22)18-17(23)19(13-6-7-13)10-12-4-8-14(20)9-5-12/h4-5,8-9,11,13,15,20H,3,6-7,10H2,1-2H3,(H,18,23)(H,21,22)/t11-,15-/m0/s1. The molecule has 6 heteroatoms. The Morgan fingerprint density at radius 3 is 2.39 bits per heavy atom. The average molecular weight is 320 g/mol. The van der Waals surface area contributed by atoms with Gasteiger partial charge in [-0.25, -0.2) is 9.59 Å². The molecular formula is C17H24N2O4. The maximum Gasteiger partial charge on any atom is 0.326 e. The third-order valence-corrected chi connectivity index (χ3v) is 4.30. The van der Waals surface area contributed by atoms with E-state index in [9.17, 15) is 19.8 Å². The number of benzene rings is 1. The topological polar surface area (TPSA) is 89.9 Å². The van der Waals surface area contributed by atoms with E-state index in [0.29, 0.717) is 13.0 Å². The molecule has 1 aromatic carbocycles. The molecule has 23 heavy (non-hydrogen) atoms. The molecule has 2 amide bonds. The van der Waals surface area contributed by atoms with Crippen LogP contribution in [0.5, 0.6) is 5.75 Å². The van der Waals surface area contributed by atoms with Crippen LogP contribution in [0.3, 0.4) is 0 Å². The molecule has 1 saturated carbocycles. The zero-order chi connectivity index (χ0) is 17.0. The summed E-state index contributed by atoms with van der Waals surface area (Å²) in [6, 6.07) is 5.63. The lowest BCUT2D eigenvalue weighted by Crippen LogP contribution is -2.51. The average Bonchev–Trinajstić information content (AvgIpc) is 3.35. The van der Waals surface area contributed by atoms with Crippen LogP contribution in [0.2, 0.25) is 0 Å². The molecule has 0 bridgehead atoms. The summed E-state index contributed by atoms with van der Waals surface area (Å²) >= 11 is 0. The van der Waals surface area contributed by atoms with Crippen LogP contribution in [0.25, 0.3) is 0 Å². The molecule has 0 aromatic heterocycles. The summed E-state index contributed by atoms with van der Waals surface area (Å²) in [7, 11) is 0. The Morgan fingerprint density at radius 1 is 1.30 bits per heavy atom. The molecule has 0 spiro atoms. The SMILES string of the molecule is CC[C@H](C)[C@H](NC(=O)N(Cc1ccc(O)cc1)C1CC1)C(=O)O. The van der Waals surface area contributed by atoms with Gasteiger partial charge in [0, 0.05) is 12.6 Å². The van der Waals surface area contributed by atoms with Gasteiger partial charge in [0.2, 0.25) is 0 Å². The van der Waals surface area contributed by atoms with Crippen LogP contribution in [0.4, 0.5) is 4.79 Å². The van der Waals surface area contributed by atoms with Gasteiger partial charge in [-0.1, -0.05) is 32.4 Å². The smallest absolute Gasteiger partial charge is 0.326 e. The van der Waals surface area contributed by atoms with Crippen LogP contribution in [-0.4, -0.2) is 39.2 Å². The van der Waals surface area contributed by atoms with Gasteiger partial charge in [-0.3, -0.25) is 0 Å². The van der Waals surface area contributed by atoms with Gasteiger partial charge in [0.15, 0.2) is 0 Å². The molecule has 0 radical (unpaired) electrons. The zero-order valence-electron chi connectivity index (χ0n) is 13.5. The van der Waals surface area contributed by atoms with E-state index in [1.54, 1.807) is 29.2 Å². The van der Waals surface area contributed by atoms with Crippen molar-refractivity contribution in [3.8, 4) is 5.75 Å². The highest BCUT2D eigenvalue weighted by atomic mass is 16.4. The highest BCUT2D eigenvalue weighted by molar-refractivity contribution is 5.83. The van der Waals surface area contributed by atoms with E-state index < -0.39 is 12.0 Å². The fourth-order valence-corrected chi connectivity index (χ4v) is 2.45. The van der Waals surface area contributed by atoms with E-state index in [1.807, 2.05) is 13.8 Å². The van der Waals surface area contributed by atoms with Crippen LogP contribution in [-0.2, 0) is 11.3 Å². The maximum absolute atomic E-state index is 12.5. The summed E-state index contributed by atoms with van der Waals surface area (Å²) in [6.45, 7) is 4.13. The molecule has 0 unspecified atom stereocenters. The molecule has 6 nitrogen and oxygen atoms in total. The molecule has 0 aliphatic heterocycles. The summed E-state index contributed by atoms with van der Waals surface area (Å²) in [6.07, 6.45) is 2.55. The minimum atomic E-state index is -1.01. The zero-order valence-corrected chi connectivity index (χ0v) is 13.5. The Hall–Kier alpha value is -2.24. The predicted molar refractivity (Wildman–Crippen MR) is 86.1 cm³/mol. The summed E-state index contributed by atoms with van der Waals surface area (Å²) in [5.41, 5.74) is 0.903. The number of carboxylic acid groups (broad SMARTS) is 1. The van der Waals surface area contributed by atoms with E-state index in [1.165, 1.54) is 0 Å². The van der Waals surface area contributed by atoms with Crippen molar-refractivity contribution in [1.82, 2.24) is 10.2 Å². The second-order valence-electron chi connectivity index (χ2n) is 6.18. The van der Waals surface area contributed by atoms with Crippen molar-refractivity contribution in [1.29, 1.82) is 0 Å². The molecule has 3 N–H and O–H groups in total. The van der Waals surface area contributed by atoms with E-state index in [-0.39, 0.29) is 23.7 Å². The molecule has 2 rings (SSSR count). The predicted octanol–water partition coefficient (Wildman–Crippen LogP) is 2.57. The van der Waals surface area contributed by atoms with Crippen LogP contribution in [0, 0.1) is 5.92 Å². The normalized spacial score (nSPS) is 16.4. The Balaban J connectivity index is 2.06. The molecule has 0 saturated heterocycles. The molecule has 1 fully saturated rings. The first kappa shape index (κ1) is 17.1. The number of nitrogens with zero attached hydrogens (tertiary/aromatic N) is 1. The molecule has 2 atom stereocenters. The molecule has 1 aromatic rings. The Morgan fingerprint density at radius 2 is 1.91 bits per heavy atom. The van der Waals surface area contributed by atoms with Crippen molar-refractivity contribution in [2.75, 3.05) is 0 Å². The monoisotopic (exact) mass is 320 g/mol. The van der Waals surface area contributed by atoms with Crippen molar-refractivity contribution in [2.45, 2.75) is 51.7 Å². The number of amides is 2. The van der Waals surface area contributed by atoms with E-state index >= 15 is 0 Å². The van der Waals surface area contributed by atoms with Gasteiger partial charge >= 0.3 is 12.0 Å². The third-order valence-electron chi connectivity index (χ3n) is 4.30. The van der Waals surface area contributed by atoms with Crippen LogP contribution >= 0.6 is 0 Å². The van der Waals surface area contributed by atoms with Gasteiger partial charge in [0.1, 0.15) is 11.8 Å². The number of urea groups is 1. The number of hydrogen-bond donors (Lipinski definition) is 3. The molecule has 126 valence electrons. The van der Waals surface area contributed by atoms with Gasteiger partial charge in [-0.15, -0.1) is 0 Å². The second-order valence-corrected chi connectivity index (χ2v) is 6.18. The first-order valence-electron chi connectivity index (χ1n) is 8.00. The number of aliphatic carboxylic acids is 1. The number of phenols is 1. The number of phenolic OH excluding ortho intramolecular Hbond substituents is 1. The number of aromatic hydroxyl groups is 1. The number of carboxylic acids is 1. The number of rotatable bonds is 7. The Bertz CT molecular complexity index is 554. The highest BCUT2D eigenvalue weighted by Gasteiger charge is 2.35. The van der Waals surface area contributed by atoms with Crippen molar-refractivity contribution >= 4 is 12.0 Å². The van der Waals surface area contributed by atoms with Crippen LogP contribution in [0.1, 0.15) is 38.7 Å². The van der Waals surface area contributed by atoms with Crippen molar-refractivity contribution in [3.05, 3.63) is 29.8 Å². The van der Waals surface area contributed by atoms with Crippen molar-refractivity contribution in [2.24, 2.45) is 5.92 Å². The highest BCUT2D eigenvalue weighted by Crippen LogP contribution is 2.29. The van der Waals surface area contributed by atoms with E-state index in [4.69, 9.17) is 0 Å². The minimum Gasteiger partial charge on any atom is -0.508 e. The molecule has 1 aliphatic rings. The fraction of sp³-hybridized carbons (Fsp3) is 0.529. The third kappa shape index (κ3) is 4.61. The van der Waals surface area contributed by atoms with E-state index in [0.717, 1.165) is 18.4 Å². The lowest BCUT2D eigenvalue weighted by Gasteiger charge is -2.27. The Labute approximate surface area is 136 Å². The number of nitrogens with one attached hydrogen (secondary N) is 1. The fourth-order valence-electron chi connectivity index (χ4n) is 2.45. The minimum absolute atomic E-state index is 0.133. The molecular weight excluding hydrogens is 296 g/mol. The first-order valence-corrected chi connectivity index (χ1v) is 8.00. The maximum atomic E-state index is 12.5. The van der Waals surface area contributed by atoms with Gasteiger partial charge in [0.25, 0.3) is 0 Å². The molecule has 0 heterocycles. The largest absolute Gasteiger partial charge is 0.508 e. The summed E-state index contributed by atoms with van der Waals surface area (Å²) in [5, 5.41) is 21.3. The number of hydrogen-bond acceptors (Lipinski definition) is 3. The summed E-state index contributed by atoms with van der Waals surface area (Å²) < 4.78 is 0. The number of carbonyl (C=O) groups excluding carboxylic acids is 1. The lowest BCUT2D eigenvalue weighted by atomic mass is 9.99. The number of carbonyl (C=O) groups is 2. The van der Waals surface area contributed by atoms with Crippen LogP contribution < -0.4 is 5.32 Å². The summed E-state index contributed by atoms with van der Waals surface area (Å²) in [5.74, 6) is -0.960. The first-order chi connectivity index (χ1) is 10.9. The van der Waals surface area contributed by atoms with Gasteiger partial charge in [-0.05, 0) is 36.5 Å². The van der Waals surface area contributed by atoms with E-state index in [2.05, 4.69) is 5.32 Å². The van der Waals surface area contributed by atoms with Gasteiger partial charge in [0.05, 0.1) is 0 Å². The van der Waals surface area contributed by atoms with Gasteiger partial charge in [-0.2, -0.15) is 0 Å². The quantitative estimate of drug-likeness (QED) is 0.720. The second kappa shape index (κ2) is 7.35. The van der Waals surface area contributed by atoms with Crippen molar-refractivity contribution in [3.63, 3.8) is 0 Å². The Kier molecular flexibility index (Phi) is 5.47. The van der Waals surface area contributed by atoms with Gasteiger partial charge < -0.3 is 20.4 Å². The molecule has 1 aliphatic carbocycles. The van der Waals surface area contributed by atoms with Crippen LogP contribution in [0.15, 0.2) is 24.3 Å². The lowest BCUT2D eigenvalue weighted by molar-refractivity contribution is -0.140.